The number of pyridine rings is 1. The molecule has 4 aromatic rings. The maximum absolute atomic E-state index is 12.0. The van der Waals surface area contributed by atoms with Crippen LogP contribution in [0.15, 0.2) is 77.3 Å². The number of aryl methyl sites for hydroxylation is 1. The van der Waals surface area contributed by atoms with Gasteiger partial charge in [-0.3, -0.25) is 0 Å². The second kappa shape index (κ2) is 12.2. The standard InChI is InChI=1S/C34H40N2O5Si/c1-34(2,3)42(5,6)41-31(32-35-21-30(40-32)28-13-10-14-29(36-28)33(37)38-4)26-16-15-25-20-27(18-17-24(25)19-26)39-22-23-11-8-7-9-12-23/h7-14,17-18,20-21,26,31H,15-16,19,22H2,1-6H3. The third-order valence-corrected chi connectivity index (χ3v) is 13.0. The molecule has 1 aliphatic rings. The maximum atomic E-state index is 12.0. The molecular weight excluding hydrogens is 544 g/mol. The van der Waals surface area contributed by atoms with E-state index in [0.29, 0.717) is 24.0 Å². The molecule has 0 radical (unpaired) electrons. The Morgan fingerprint density at radius 3 is 2.57 bits per heavy atom. The highest BCUT2D eigenvalue weighted by Crippen LogP contribution is 2.45. The number of hydrogen-bond acceptors (Lipinski definition) is 7. The van der Waals surface area contributed by atoms with Gasteiger partial charge < -0.3 is 18.3 Å². The lowest BCUT2D eigenvalue weighted by Gasteiger charge is -2.41. The average molecular weight is 585 g/mol. The fraction of sp³-hybridized carbons (Fsp3) is 0.382. The van der Waals surface area contributed by atoms with Crippen LogP contribution < -0.4 is 4.74 Å². The van der Waals surface area contributed by atoms with Crippen LogP contribution >= 0.6 is 0 Å². The zero-order valence-corrected chi connectivity index (χ0v) is 26.3. The van der Waals surface area contributed by atoms with Crippen LogP contribution in [0.1, 0.15) is 66.4 Å². The first-order valence-corrected chi connectivity index (χ1v) is 17.4. The third kappa shape index (κ3) is 6.66. The van der Waals surface area contributed by atoms with Crippen LogP contribution in [0.3, 0.4) is 0 Å². The van der Waals surface area contributed by atoms with Crippen molar-refractivity contribution in [1.29, 1.82) is 0 Å². The number of oxazole rings is 1. The lowest BCUT2D eigenvalue weighted by molar-refractivity contribution is 0.0594. The van der Waals surface area contributed by atoms with Crippen molar-refractivity contribution >= 4 is 14.3 Å². The molecule has 2 atom stereocenters. The Hall–Kier alpha value is -3.75. The molecule has 0 saturated heterocycles. The summed E-state index contributed by atoms with van der Waals surface area (Å²) in [5, 5.41) is 0.0225. The van der Waals surface area contributed by atoms with E-state index in [1.54, 1.807) is 24.4 Å². The van der Waals surface area contributed by atoms with E-state index in [4.69, 9.17) is 23.3 Å². The summed E-state index contributed by atoms with van der Waals surface area (Å²) >= 11 is 0. The fourth-order valence-electron chi connectivity index (χ4n) is 5.02. The molecule has 42 heavy (non-hydrogen) atoms. The van der Waals surface area contributed by atoms with Crippen molar-refractivity contribution in [3.63, 3.8) is 0 Å². The van der Waals surface area contributed by atoms with E-state index < -0.39 is 14.3 Å². The van der Waals surface area contributed by atoms with Crippen LogP contribution in [-0.2, 0) is 28.6 Å². The number of benzene rings is 2. The van der Waals surface area contributed by atoms with Gasteiger partial charge in [0.25, 0.3) is 0 Å². The summed E-state index contributed by atoms with van der Waals surface area (Å²) in [6.07, 6.45) is 4.11. The minimum absolute atomic E-state index is 0.0225. The number of aromatic nitrogens is 2. The summed E-state index contributed by atoms with van der Waals surface area (Å²) < 4.78 is 24.3. The second-order valence-corrected chi connectivity index (χ2v) is 17.2. The summed E-state index contributed by atoms with van der Waals surface area (Å²) in [4.78, 5) is 21.2. The van der Waals surface area contributed by atoms with E-state index in [2.05, 4.69) is 69.2 Å². The predicted octanol–water partition coefficient (Wildman–Crippen LogP) is 7.97. The van der Waals surface area contributed by atoms with E-state index in [1.807, 2.05) is 18.2 Å². The first-order valence-electron chi connectivity index (χ1n) is 14.5. The molecule has 0 aliphatic heterocycles. The van der Waals surface area contributed by atoms with Crippen molar-refractivity contribution < 1.29 is 23.1 Å². The summed E-state index contributed by atoms with van der Waals surface area (Å²) in [5.74, 6) is 1.64. The molecule has 0 spiro atoms. The van der Waals surface area contributed by atoms with Crippen LogP contribution in [-0.4, -0.2) is 31.4 Å². The van der Waals surface area contributed by atoms with Crippen molar-refractivity contribution in [1.82, 2.24) is 9.97 Å². The Bertz CT molecular complexity index is 1530. The predicted molar refractivity (Wildman–Crippen MR) is 165 cm³/mol. The van der Waals surface area contributed by atoms with Crippen molar-refractivity contribution in [2.75, 3.05) is 7.11 Å². The molecule has 2 heterocycles. The summed E-state index contributed by atoms with van der Waals surface area (Å²) in [6, 6.07) is 21.8. The first-order chi connectivity index (χ1) is 20.0. The number of ether oxygens (including phenoxy) is 2. The Balaban J connectivity index is 1.39. The van der Waals surface area contributed by atoms with E-state index in [0.717, 1.165) is 30.6 Å². The maximum Gasteiger partial charge on any atom is 0.356 e. The third-order valence-electron chi connectivity index (χ3n) is 8.51. The van der Waals surface area contributed by atoms with Gasteiger partial charge in [-0.2, -0.15) is 0 Å². The van der Waals surface area contributed by atoms with E-state index in [-0.39, 0.29) is 22.8 Å². The molecule has 2 aromatic carbocycles. The molecule has 2 aromatic heterocycles. The highest BCUT2D eigenvalue weighted by molar-refractivity contribution is 6.74. The second-order valence-electron chi connectivity index (χ2n) is 12.5. The Kier molecular flexibility index (Phi) is 8.66. The molecule has 8 heteroatoms. The quantitative estimate of drug-likeness (QED) is 0.146. The highest BCUT2D eigenvalue weighted by Gasteiger charge is 2.43. The SMILES string of the molecule is COC(=O)c1cccc(-c2cnc(C(O[Si](C)(C)C(C)(C)C)C3CCc4cc(OCc5ccccc5)ccc4C3)o2)n1. The van der Waals surface area contributed by atoms with Gasteiger partial charge in [-0.05, 0) is 84.3 Å². The molecule has 7 nitrogen and oxygen atoms in total. The zero-order valence-electron chi connectivity index (χ0n) is 25.3. The largest absolute Gasteiger partial charge is 0.489 e. The van der Waals surface area contributed by atoms with Gasteiger partial charge in [0.1, 0.15) is 29.8 Å². The first kappa shape index (κ1) is 29.7. The Morgan fingerprint density at radius 1 is 1.05 bits per heavy atom. The van der Waals surface area contributed by atoms with Gasteiger partial charge in [0, 0.05) is 0 Å². The van der Waals surface area contributed by atoms with Gasteiger partial charge >= 0.3 is 5.97 Å². The number of carbonyl (C=O) groups is 1. The Labute approximate surface area is 249 Å². The van der Waals surface area contributed by atoms with Gasteiger partial charge in [0.05, 0.1) is 13.3 Å². The number of rotatable bonds is 9. The van der Waals surface area contributed by atoms with Crippen LogP contribution in [0.2, 0.25) is 18.1 Å². The number of fused-ring (bicyclic) bond motifs is 1. The fourth-order valence-corrected chi connectivity index (χ4v) is 6.30. The minimum Gasteiger partial charge on any atom is -0.489 e. The van der Waals surface area contributed by atoms with Crippen LogP contribution in [0.25, 0.3) is 11.5 Å². The van der Waals surface area contributed by atoms with E-state index >= 15 is 0 Å². The van der Waals surface area contributed by atoms with Crippen LogP contribution in [0.4, 0.5) is 0 Å². The molecule has 2 unspecified atom stereocenters. The molecule has 0 saturated carbocycles. The summed E-state index contributed by atoms with van der Waals surface area (Å²) in [7, 11) is -0.834. The Morgan fingerprint density at radius 2 is 1.83 bits per heavy atom. The average Bonchev–Trinajstić information content (AvgIpc) is 3.48. The van der Waals surface area contributed by atoms with Crippen molar-refractivity contribution in [3.05, 3.63) is 101 Å². The molecule has 0 N–H and O–H groups in total. The number of carbonyl (C=O) groups excluding carboxylic acids is 1. The summed E-state index contributed by atoms with van der Waals surface area (Å²) in [6.45, 7) is 11.8. The van der Waals surface area contributed by atoms with Crippen molar-refractivity contribution in [2.24, 2.45) is 5.92 Å². The molecule has 0 bridgehead atoms. The molecule has 0 fully saturated rings. The van der Waals surface area contributed by atoms with Gasteiger partial charge in [-0.1, -0.05) is 63.2 Å². The zero-order chi connectivity index (χ0) is 29.9. The topological polar surface area (TPSA) is 83.7 Å². The van der Waals surface area contributed by atoms with Gasteiger partial charge in [-0.25, -0.2) is 14.8 Å². The summed E-state index contributed by atoms with van der Waals surface area (Å²) in [5.41, 5.74) is 4.53. The van der Waals surface area contributed by atoms with Crippen molar-refractivity contribution in [2.45, 2.75) is 70.9 Å². The van der Waals surface area contributed by atoms with Gasteiger partial charge in [0.15, 0.2) is 14.1 Å². The number of hydrogen-bond donors (Lipinski definition) is 0. The molecule has 220 valence electrons. The number of nitrogens with zero attached hydrogens (tertiary/aromatic N) is 2. The minimum atomic E-state index is -2.17. The normalized spacial score (nSPS) is 16.0. The smallest absolute Gasteiger partial charge is 0.356 e. The monoisotopic (exact) mass is 584 g/mol. The van der Waals surface area contributed by atoms with Gasteiger partial charge in [-0.15, -0.1) is 0 Å². The van der Waals surface area contributed by atoms with E-state index in [9.17, 15) is 4.79 Å². The van der Waals surface area contributed by atoms with Crippen LogP contribution in [0.5, 0.6) is 5.75 Å². The number of methoxy groups -OCH3 is 1. The lowest BCUT2D eigenvalue weighted by atomic mass is 9.81. The number of esters is 1. The lowest BCUT2D eigenvalue weighted by Crippen LogP contribution is -2.43. The molecule has 1 aliphatic carbocycles. The van der Waals surface area contributed by atoms with Crippen LogP contribution in [0, 0.1) is 5.92 Å². The molecule has 0 amide bonds. The molecular formula is C34H40N2O5Si. The van der Waals surface area contributed by atoms with Gasteiger partial charge in [0.2, 0.25) is 5.89 Å². The molecule has 5 rings (SSSR count). The highest BCUT2D eigenvalue weighted by atomic mass is 28.4. The van der Waals surface area contributed by atoms with E-state index in [1.165, 1.54) is 18.2 Å². The van der Waals surface area contributed by atoms with Crippen molar-refractivity contribution in [3.8, 4) is 17.2 Å².